The molecule has 1 aliphatic rings. The summed E-state index contributed by atoms with van der Waals surface area (Å²) in [6.45, 7) is 5.99. The van der Waals surface area contributed by atoms with Gasteiger partial charge in [-0.1, -0.05) is 30.3 Å². The molecule has 2 rings (SSSR count). The minimum atomic E-state index is 0.692. The number of rotatable bonds is 8. The summed E-state index contributed by atoms with van der Waals surface area (Å²) < 4.78 is 5.04. The van der Waals surface area contributed by atoms with Gasteiger partial charge in [0.25, 0.3) is 0 Å². The second-order valence-corrected chi connectivity index (χ2v) is 6.06. The topological polar surface area (TPSA) is 48.9 Å². The van der Waals surface area contributed by atoms with Gasteiger partial charge in [0.15, 0.2) is 5.96 Å². The molecule has 0 aromatic heterocycles. The van der Waals surface area contributed by atoms with E-state index in [-0.39, 0.29) is 0 Å². The molecule has 23 heavy (non-hydrogen) atoms. The lowest BCUT2D eigenvalue weighted by molar-refractivity contribution is 0.203. The van der Waals surface area contributed by atoms with Crippen molar-refractivity contribution in [1.82, 2.24) is 15.5 Å². The highest BCUT2D eigenvalue weighted by Gasteiger charge is 2.22. The van der Waals surface area contributed by atoms with Gasteiger partial charge in [-0.2, -0.15) is 0 Å². The molecule has 2 N–H and O–H groups in total. The first-order chi connectivity index (χ1) is 11.3. The van der Waals surface area contributed by atoms with Crippen molar-refractivity contribution in [2.45, 2.75) is 12.8 Å². The Morgan fingerprint density at radius 1 is 1.30 bits per heavy atom. The molecule has 0 saturated carbocycles. The molecule has 128 valence electrons. The average molecular weight is 318 g/mol. The number of methoxy groups -OCH3 is 1. The van der Waals surface area contributed by atoms with E-state index in [4.69, 9.17) is 4.74 Å². The Bertz CT molecular complexity index is 463. The zero-order chi connectivity index (χ0) is 16.3. The lowest BCUT2D eigenvalue weighted by atomic mass is 10.1. The van der Waals surface area contributed by atoms with Gasteiger partial charge >= 0.3 is 0 Å². The molecule has 0 bridgehead atoms. The van der Waals surface area contributed by atoms with Gasteiger partial charge in [0.1, 0.15) is 0 Å². The third-order valence-corrected chi connectivity index (χ3v) is 4.31. The summed E-state index contributed by atoms with van der Waals surface area (Å²) in [5.74, 6) is 1.57. The largest absolute Gasteiger partial charge is 0.383 e. The van der Waals surface area contributed by atoms with Gasteiger partial charge < -0.3 is 20.3 Å². The van der Waals surface area contributed by atoms with E-state index in [0.29, 0.717) is 12.5 Å². The minimum Gasteiger partial charge on any atom is -0.383 e. The van der Waals surface area contributed by atoms with Crippen LogP contribution in [0.5, 0.6) is 0 Å². The Morgan fingerprint density at radius 3 is 2.87 bits per heavy atom. The molecular weight excluding hydrogens is 288 g/mol. The fourth-order valence-corrected chi connectivity index (χ4v) is 2.95. The molecule has 0 aliphatic carbocycles. The maximum atomic E-state index is 5.04. The highest BCUT2D eigenvalue weighted by molar-refractivity contribution is 5.79. The summed E-state index contributed by atoms with van der Waals surface area (Å²) in [6.07, 6.45) is 2.40. The van der Waals surface area contributed by atoms with Gasteiger partial charge in [-0.05, 0) is 30.9 Å². The average Bonchev–Trinajstić information content (AvgIpc) is 3.05. The third-order valence-electron chi connectivity index (χ3n) is 4.31. The second-order valence-electron chi connectivity index (χ2n) is 6.06. The lowest BCUT2D eigenvalue weighted by Crippen LogP contribution is -2.41. The van der Waals surface area contributed by atoms with Gasteiger partial charge in [0.2, 0.25) is 0 Å². The summed E-state index contributed by atoms with van der Waals surface area (Å²) in [5, 5.41) is 6.67. The van der Waals surface area contributed by atoms with Crippen LogP contribution in [0, 0.1) is 5.92 Å². The van der Waals surface area contributed by atoms with Crippen LogP contribution in [-0.4, -0.2) is 64.3 Å². The van der Waals surface area contributed by atoms with E-state index in [0.717, 1.165) is 32.0 Å². The molecule has 1 fully saturated rings. The van der Waals surface area contributed by atoms with Crippen LogP contribution in [0.1, 0.15) is 12.0 Å². The quantitative estimate of drug-likeness (QED) is 0.432. The van der Waals surface area contributed by atoms with Crippen LogP contribution in [0.2, 0.25) is 0 Å². The number of nitrogens with one attached hydrogen (secondary N) is 2. The normalized spacial score (nSPS) is 19.0. The zero-order valence-corrected chi connectivity index (χ0v) is 14.4. The number of aliphatic imine (C=N–C) groups is 1. The molecule has 0 spiro atoms. The number of benzene rings is 1. The lowest BCUT2D eigenvalue weighted by Gasteiger charge is -2.17. The van der Waals surface area contributed by atoms with E-state index in [1.165, 1.54) is 25.1 Å². The van der Waals surface area contributed by atoms with Crippen LogP contribution in [-0.2, 0) is 11.2 Å². The Labute approximate surface area is 140 Å². The predicted molar refractivity (Wildman–Crippen MR) is 95.9 cm³/mol. The number of ether oxygens (including phenoxy) is 1. The summed E-state index contributed by atoms with van der Waals surface area (Å²) >= 11 is 0. The van der Waals surface area contributed by atoms with Crippen LogP contribution in [0.15, 0.2) is 35.3 Å². The maximum absolute atomic E-state index is 5.04. The summed E-state index contributed by atoms with van der Waals surface area (Å²) in [4.78, 5) is 6.81. The van der Waals surface area contributed by atoms with Crippen molar-refractivity contribution in [2.75, 3.05) is 53.5 Å². The van der Waals surface area contributed by atoms with E-state index in [9.17, 15) is 0 Å². The third kappa shape index (κ3) is 6.59. The molecule has 1 aromatic carbocycles. The van der Waals surface area contributed by atoms with E-state index >= 15 is 0 Å². The number of guanidine groups is 1. The molecule has 1 heterocycles. The van der Waals surface area contributed by atoms with Crippen molar-refractivity contribution < 1.29 is 4.74 Å². The molecular formula is C18H30N4O. The highest BCUT2D eigenvalue weighted by Crippen LogP contribution is 2.15. The monoisotopic (exact) mass is 318 g/mol. The van der Waals surface area contributed by atoms with E-state index in [1.54, 1.807) is 7.11 Å². The van der Waals surface area contributed by atoms with Crippen LogP contribution >= 0.6 is 0 Å². The molecule has 0 amide bonds. The second kappa shape index (κ2) is 10.2. The Hall–Kier alpha value is -1.59. The van der Waals surface area contributed by atoms with Gasteiger partial charge in [0, 0.05) is 40.3 Å². The molecule has 5 nitrogen and oxygen atoms in total. The number of likely N-dealkylation sites (tertiary alicyclic amines) is 1. The molecule has 0 radical (unpaired) electrons. The molecule has 1 aliphatic heterocycles. The number of hydrogen-bond acceptors (Lipinski definition) is 3. The number of hydrogen-bond donors (Lipinski definition) is 2. The first-order valence-corrected chi connectivity index (χ1v) is 8.51. The smallest absolute Gasteiger partial charge is 0.191 e. The van der Waals surface area contributed by atoms with E-state index < -0.39 is 0 Å². The number of nitrogens with zero attached hydrogens (tertiary/aromatic N) is 2. The molecule has 5 heteroatoms. The fraction of sp³-hybridized carbons (Fsp3) is 0.611. The van der Waals surface area contributed by atoms with Gasteiger partial charge in [-0.3, -0.25) is 4.99 Å². The van der Waals surface area contributed by atoms with Crippen molar-refractivity contribution in [3.8, 4) is 0 Å². The molecule has 1 saturated heterocycles. The summed E-state index contributed by atoms with van der Waals surface area (Å²) in [6, 6.07) is 10.7. The standard InChI is InChI=1S/C18H30N4O/c1-19-18(20-10-13-23-2)21-14-17-9-12-22(15-17)11-8-16-6-4-3-5-7-16/h3-7,17H,8-15H2,1-2H3,(H2,19,20,21). The molecule has 1 atom stereocenters. The van der Waals surface area contributed by atoms with Crippen molar-refractivity contribution >= 4 is 5.96 Å². The summed E-state index contributed by atoms with van der Waals surface area (Å²) in [7, 11) is 3.52. The van der Waals surface area contributed by atoms with Crippen LogP contribution in [0.25, 0.3) is 0 Å². The van der Waals surface area contributed by atoms with Crippen molar-refractivity contribution in [3.63, 3.8) is 0 Å². The zero-order valence-electron chi connectivity index (χ0n) is 14.4. The molecule has 1 unspecified atom stereocenters. The fourth-order valence-electron chi connectivity index (χ4n) is 2.95. The minimum absolute atomic E-state index is 0.692. The van der Waals surface area contributed by atoms with Crippen LogP contribution in [0.3, 0.4) is 0 Å². The van der Waals surface area contributed by atoms with Gasteiger partial charge in [-0.15, -0.1) is 0 Å². The first kappa shape index (κ1) is 17.8. The van der Waals surface area contributed by atoms with Crippen LogP contribution < -0.4 is 10.6 Å². The highest BCUT2D eigenvalue weighted by atomic mass is 16.5. The Morgan fingerprint density at radius 2 is 2.13 bits per heavy atom. The van der Waals surface area contributed by atoms with Crippen molar-refractivity contribution in [2.24, 2.45) is 10.9 Å². The maximum Gasteiger partial charge on any atom is 0.191 e. The Balaban J connectivity index is 1.63. The van der Waals surface area contributed by atoms with Crippen molar-refractivity contribution in [3.05, 3.63) is 35.9 Å². The Kier molecular flexibility index (Phi) is 7.90. The first-order valence-electron chi connectivity index (χ1n) is 8.51. The molecule has 1 aromatic rings. The van der Waals surface area contributed by atoms with Crippen LogP contribution in [0.4, 0.5) is 0 Å². The SMILES string of the molecule is CN=C(NCCOC)NCC1CCN(CCc2ccccc2)C1. The summed E-state index contributed by atoms with van der Waals surface area (Å²) in [5.41, 5.74) is 1.43. The van der Waals surface area contributed by atoms with E-state index in [2.05, 4.69) is 50.9 Å². The van der Waals surface area contributed by atoms with Gasteiger partial charge in [-0.25, -0.2) is 0 Å². The van der Waals surface area contributed by atoms with E-state index in [1.807, 2.05) is 7.05 Å². The predicted octanol–water partition coefficient (Wildman–Crippen LogP) is 1.36. The van der Waals surface area contributed by atoms with Gasteiger partial charge in [0.05, 0.1) is 6.61 Å². The van der Waals surface area contributed by atoms with Crippen molar-refractivity contribution in [1.29, 1.82) is 0 Å².